The van der Waals surface area contributed by atoms with Crippen LogP contribution in [0.25, 0.3) is 0 Å². The van der Waals surface area contributed by atoms with Gasteiger partial charge in [-0.25, -0.2) is 4.98 Å². The lowest BCUT2D eigenvalue weighted by atomic mass is 10.3. The van der Waals surface area contributed by atoms with Crippen molar-refractivity contribution < 1.29 is 9.21 Å². The summed E-state index contributed by atoms with van der Waals surface area (Å²) in [6.45, 7) is 0.512. The maximum Gasteiger partial charge on any atom is 0.269 e. The van der Waals surface area contributed by atoms with Gasteiger partial charge in [0.05, 0.1) is 18.1 Å². The Labute approximate surface area is 98.6 Å². The Kier molecular flexibility index (Phi) is 3.40. The minimum atomic E-state index is -0.212. The molecule has 2 heterocycles. The first-order valence-corrected chi connectivity index (χ1v) is 5.28. The molecule has 0 aliphatic heterocycles. The van der Waals surface area contributed by atoms with Crippen molar-refractivity contribution >= 4 is 11.6 Å². The smallest absolute Gasteiger partial charge is 0.269 e. The fourth-order valence-corrected chi connectivity index (χ4v) is 1.38. The second kappa shape index (κ2) is 5.16. The fraction of sp³-hybridized carbons (Fsp3) is 0.167. The topological polar surface area (TPSA) is 81.2 Å². The first-order valence-electron chi connectivity index (χ1n) is 5.28. The predicted octanol–water partition coefficient (Wildman–Crippen LogP) is 1.23. The Balaban J connectivity index is 1.83. The van der Waals surface area contributed by atoms with E-state index in [1.165, 1.54) is 6.20 Å². The number of hydrogen-bond donors (Lipinski definition) is 2. The summed E-state index contributed by atoms with van der Waals surface area (Å²) in [6, 6.07) is 6.93. The lowest BCUT2D eigenvalue weighted by Gasteiger charge is -2.03. The number of hydrogen-bond acceptors (Lipinski definition) is 4. The number of rotatable bonds is 4. The monoisotopic (exact) mass is 231 g/mol. The van der Waals surface area contributed by atoms with Crippen LogP contribution in [0.15, 0.2) is 41.1 Å². The molecule has 0 fully saturated rings. The van der Waals surface area contributed by atoms with Crippen LogP contribution in [0.3, 0.4) is 0 Å². The van der Waals surface area contributed by atoms with E-state index >= 15 is 0 Å². The van der Waals surface area contributed by atoms with E-state index in [2.05, 4.69) is 10.3 Å². The van der Waals surface area contributed by atoms with E-state index in [1.807, 2.05) is 12.1 Å². The number of amides is 1. The number of aromatic nitrogens is 1. The molecule has 0 saturated heterocycles. The normalized spacial score (nSPS) is 10.1. The van der Waals surface area contributed by atoms with Crippen molar-refractivity contribution in [3.63, 3.8) is 0 Å². The van der Waals surface area contributed by atoms with Crippen LogP contribution in [-0.2, 0) is 6.42 Å². The average molecular weight is 231 g/mol. The quantitative estimate of drug-likeness (QED) is 0.829. The molecule has 2 rings (SSSR count). The van der Waals surface area contributed by atoms with Gasteiger partial charge in [-0.3, -0.25) is 4.79 Å². The Morgan fingerprint density at radius 3 is 2.94 bits per heavy atom. The summed E-state index contributed by atoms with van der Waals surface area (Å²) >= 11 is 0. The van der Waals surface area contributed by atoms with Gasteiger partial charge in [0.15, 0.2) is 0 Å². The highest BCUT2D eigenvalue weighted by molar-refractivity contribution is 5.92. The van der Waals surface area contributed by atoms with Gasteiger partial charge in [-0.1, -0.05) is 0 Å². The molecule has 0 aliphatic rings. The van der Waals surface area contributed by atoms with Crippen LogP contribution in [0, 0.1) is 0 Å². The summed E-state index contributed by atoms with van der Waals surface area (Å²) in [5.74, 6) is 0.632. The van der Waals surface area contributed by atoms with Gasteiger partial charge in [-0.05, 0) is 24.3 Å². The third kappa shape index (κ3) is 3.07. The summed E-state index contributed by atoms with van der Waals surface area (Å²) in [7, 11) is 0. The van der Waals surface area contributed by atoms with Crippen LogP contribution in [0.4, 0.5) is 5.69 Å². The van der Waals surface area contributed by atoms with Crippen molar-refractivity contribution in [1.29, 1.82) is 0 Å². The zero-order chi connectivity index (χ0) is 12.1. The Hall–Kier alpha value is -2.30. The number of furan rings is 1. The number of nitrogen functional groups attached to an aromatic ring is 1. The number of nitrogens with two attached hydrogens (primary N) is 1. The minimum absolute atomic E-state index is 0.212. The van der Waals surface area contributed by atoms with Crippen LogP contribution >= 0.6 is 0 Å². The van der Waals surface area contributed by atoms with Gasteiger partial charge in [-0.2, -0.15) is 0 Å². The highest BCUT2D eigenvalue weighted by atomic mass is 16.3. The highest BCUT2D eigenvalue weighted by Gasteiger charge is 2.06. The van der Waals surface area contributed by atoms with E-state index in [0.29, 0.717) is 24.3 Å². The first kappa shape index (κ1) is 11.2. The van der Waals surface area contributed by atoms with E-state index in [-0.39, 0.29) is 5.91 Å². The molecule has 1 amide bonds. The average Bonchev–Trinajstić information content (AvgIpc) is 2.83. The molecule has 0 aliphatic carbocycles. The summed E-state index contributed by atoms with van der Waals surface area (Å²) in [6.07, 6.45) is 3.73. The van der Waals surface area contributed by atoms with E-state index in [1.54, 1.807) is 18.4 Å². The molecule has 0 unspecified atom stereocenters. The maximum absolute atomic E-state index is 11.6. The first-order chi connectivity index (χ1) is 8.25. The van der Waals surface area contributed by atoms with Gasteiger partial charge in [0.2, 0.25) is 0 Å². The lowest BCUT2D eigenvalue weighted by Crippen LogP contribution is -2.26. The fourth-order valence-electron chi connectivity index (χ4n) is 1.38. The molecule has 5 nitrogen and oxygen atoms in total. The van der Waals surface area contributed by atoms with Crippen LogP contribution in [-0.4, -0.2) is 17.4 Å². The molecule has 17 heavy (non-hydrogen) atoms. The van der Waals surface area contributed by atoms with Crippen LogP contribution < -0.4 is 11.1 Å². The van der Waals surface area contributed by atoms with E-state index in [4.69, 9.17) is 10.2 Å². The number of nitrogens with zero attached hydrogens (tertiary/aromatic N) is 1. The van der Waals surface area contributed by atoms with E-state index in [0.717, 1.165) is 5.76 Å². The Morgan fingerprint density at radius 2 is 2.29 bits per heavy atom. The number of nitrogens with one attached hydrogen (secondary N) is 1. The van der Waals surface area contributed by atoms with Gasteiger partial charge in [0.1, 0.15) is 11.5 Å². The molecule has 0 atom stereocenters. The standard InChI is InChI=1S/C12H13N3O2/c13-9-3-4-11(15-8-9)12(16)14-6-5-10-2-1-7-17-10/h1-4,7-8H,5-6,13H2,(H,14,16). The van der Waals surface area contributed by atoms with Crippen molar-refractivity contribution in [2.75, 3.05) is 12.3 Å². The zero-order valence-corrected chi connectivity index (χ0v) is 9.22. The summed E-state index contributed by atoms with van der Waals surface area (Å²) in [4.78, 5) is 15.6. The Bertz CT molecular complexity index is 477. The van der Waals surface area contributed by atoms with Crippen molar-refractivity contribution in [2.24, 2.45) is 0 Å². The largest absolute Gasteiger partial charge is 0.469 e. The third-order valence-electron chi connectivity index (χ3n) is 2.26. The van der Waals surface area contributed by atoms with Crippen molar-refractivity contribution in [3.05, 3.63) is 48.2 Å². The van der Waals surface area contributed by atoms with Gasteiger partial charge < -0.3 is 15.5 Å². The summed E-state index contributed by atoms with van der Waals surface area (Å²) in [5, 5.41) is 2.75. The minimum Gasteiger partial charge on any atom is -0.469 e. The maximum atomic E-state index is 11.6. The summed E-state index contributed by atoms with van der Waals surface area (Å²) in [5.41, 5.74) is 6.38. The number of pyridine rings is 1. The SMILES string of the molecule is Nc1ccc(C(=O)NCCc2ccco2)nc1. The molecule has 0 aromatic carbocycles. The molecule has 88 valence electrons. The van der Waals surface area contributed by atoms with Gasteiger partial charge in [0.25, 0.3) is 5.91 Å². The second-order valence-corrected chi connectivity index (χ2v) is 3.56. The molecule has 0 spiro atoms. The molecular weight excluding hydrogens is 218 g/mol. The third-order valence-corrected chi connectivity index (χ3v) is 2.26. The van der Waals surface area contributed by atoms with Crippen LogP contribution in [0.2, 0.25) is 0 Å². The highest BCUT2D eigenvalue weighted by Crippen LogP contribution is 2.02. The van der Waals surface area contributed by atoms with Crippen LogP contribution in [0.1, 0.15) is 16.2 Å². The number of anilines is 1. The lowest BCUT2D eigenvalue weighted by molar-refractivity contribution is 0.0949. The van der Waals surface area contributed by atoms with Crippen molar-refractivity contribution in [2.45, 2.75) is 6.42 Å². The molecular formula is C12H13N3O2. The van der Waals surface area contributed by atoms with Crippen LogP contribution in [0.5, 0.6) is 0 Å². The molecule has 5 heteroatoms. The summed E-state index contributed by atoms with van der Waals surface area (Å²) < 4.78 is 5.15. The predicted molar refractivity (Wildman–Crippen MR) is 63.4 cm³/mol. The molecule has 2 aromatic heterocycles. The van der Waals surface area contributed by atoms with Crippen molar-refractivity contribution in [1.82, 2.24) is 10.3 Å². The van der Waals surface area contributed by atoms with Gasteiger partial charge in [-0.15, -0.1) is 0 Å². The Morgan fingerprint density at radius 1 is 1.41 bits per heavy atom. The molecule has 0 bridgehead atoms. The molecule has 2 aromatic rings. The number of carbonyl (C=O) groups is 1. The second-order valence-electron chi connectivity index (χ2n) is 3.56. The van der Waals surface area contributed by atoms with Gasteiger partial charge in [0, 0.05) is 13.0 Å². The van der Waals surface area contributed by atoms with Gasteiger partial charge >= 0.3 is 0 Å². The zero-order valence-electron chi connectivity index (χ0n) is 9.22. The van der Waals surface area contributed by atoms with E-state index < -0.39 is 0 Å². The molecule has 3 N–H and O–H groups in total. The number of carbonyl (C=O) groups excluding carboxylic acids is 1. The molecule has 0 saturated carbocycles. The molecule has 0 radical (unpaired) electrons. The van der Waals surface area contributed by atoms with E-state index in [9.17, 15) is 4.79 Å². The van der Waals surface area contributed by atoms with Crippen molar-refractivity contribution in [3.8, 4) is 0 Å².